The van der Waals surface area contributed by atoms with Crippen LogP contribution in [-0.4, -0.2) is 32.8 Å². The SMILES string of the molecule is COCC(N)C(=O)Nc1cc(OC)ccc1F.Cl. The second-order valence-corrected chi connectivity index (χ2v) is 3.40. The number of hydrogen-bond donors (Lipinski definition) is 2. The van der Waals surface area contributed by atoms with E-state index in [0.717, 1.165) is 0 Å². The van der Waals surface area contributed by atoms with Crippen LogP contribution in [0.2, 0.25) is 0 Å². The first-order chi connectivity index (χ1) is 8.08. The molecule has 0 heterocycles. The Kier molecular flexibility index (Phi) is 7.26. The van der Waals surface area contributed by atoms with Gasteiger partial charge in [0, 0.05) is 13.2 Å². The van der Waals surface area contributed by atoms with E-state index in [9.17, 15) is 9.18 Å². The highest BCUT2D eigenvalue weighted by Crippen LogP contribution is 2.21. The number of anilines is 1. The Morgan fingerprint density at radius 3 is 2.72 bits per heavy atom. The van der Waals surface area contributed by atoms with E-state index in [1.807, 2.05) is 0 Å². The number of nitrogens with two attached hydrogens (primary N) is 1. The highest BCUT2D eigenvalue weighted by Gasteiger charge is 2.15. The monoisotopic (exact) mass is 278 g/mol. The molecule has 0 aromatic heterocycles. The Morgan fingerprint density at radius 1 is 1.50 bits per heavy atom. The van der Waals surface area contributed by atoms with E-state index >= 15 is 0 Å². The number of benzene rings is 1. The van der Waals surface area contributed by atoms with Crippen LogP contribution >= 0.6 is 12.4 Å². The van der Waals surface area contributed by atoms with Crippen LogP contribution in [0.1, 0.15) is 0 Å². The average molecular weight is 279 g/mol. The van der Waals surface area contributed by atoms with Crippen molar-refractivity contribution in [2.75, 3.05) is 26.1 Å². The van der Waals surface area contributed by atoms with Crippen molar-refractivity contribution in [1.29, 1.82) is 0 Å². The Bertz CT molecular complexity index is 404. The summed E-state index contributed by atoms with van der Waals surface area (Å²) in [5.74, 6) is -0.621. The molecule has 0 saturated heterocycles. The van der Waals surface area contributed by atoms with Crippen LogP contribution in [0, 0.1) is 5.82 Å². The van der Waals surface area contributed by atoms with Crippen molar-refractivity contribution in [3.05, 3.63) is 24.0 Å². The summed E-state index contributed by atoms with van der Waals surface area (Å²) >= 11 is 0. The van der Waals surface area contributed by atoms with E-state index in [1.165, 1.54) is 32.4 Å². The molecule has 1 aromatic carbocycles. The molecule has 1 unspecified atom stereocenters. The second-order valence-electron chi connectivity index (χ2n) is 3.40. The standard InChI is InChI=1S/C11H15FN2O3.ClH/c1-16-6-9(13)11(15)14-10-5-7(17-2)3-4-8(10)12;/h3-5,9H,6,13H2,1-2H3,(H,14,15);1H. The average Bonchev–Trinajstić information content (AvgIpc) is 2.32. The molecule has 1 atom stereocenters. The third kappa shape index (κ3) is 4.48. The van der Waals surface area contributed by atoms with Crippen LogP contribution in [0.5, 0.6) is 5.75 Å². The van der Waals surface area contributed by atoms with Gasteiger partial charge >= 0.3 is 0 Å². The van der Waals surface area contributed by atoms with Gasteiger partial charge in [-0.15, -0.1) is 12.4 Å². The van der Waals surface area contributed by atoms with E-state index in [0.29, 0.717) is 5.75 Å². The fraction of sp³-hybridized carbons (Fsp3) is 0.364. The van der Waals surface area contributed by atoms with Gasteiger partial charge in [0.05, 0.1) is 19.4 Å². The number of hydrogen-bond acceptors (Lipinski definition) is 4. The van der Waals surface area contributed by atoms with Crippen molar-refractivity contribution < 1.29 is 18.7 Å². The van der Waals surface area contributed by atoms with Crippen molar-refractivity contribution in [1.82, 2.24) is 0 Å². The van der Waals surface area contributed by atoms with Crippen molar-refractivity contribution in [3.63, 3.8) is 0 Å². The predicted molar refractivity (Wildman–Crippen MR) is 68.7 cm³/mol. The number of ether oxygens (including phenoxy) is 2. The summed E-state index contributed by atoms with van der Waals surface area (Å²) < 4.78 is 23.0. The van der Waals surface area contributed by atoms with Crippen LogP contribution in [0.3, 0.4) is 0 Å². The molecule has 0 saturated carbocycles. The number of methoxy groups -OCH3 is 2. The number of halogens is 2. The second kappa shape index (κ2) is 7.86. The van der Waals surface area contributed by atoms with Crippen molar-refractivity contribution in [2.24, 2.45) is 5.73 Å². The molecule has 1 rings (SSSR count). The predicted octanol–water partition coefficient (Wildman–Crippen LogP) is 1.17. The van der Waals surface area contributed by atoms with E-state index in [1.54, 1.807) is 0 Å². The fourth-order valence-corrected chi connectivity index (χ4v) is 1.21. The molecule has 0 spiro atoms. The van der Waals surface area contributed by atoms with Gasteiger partial charge < -0.3 is 20.5 Å². The minimum absolute atomic E-state index is 0. The van der Waals surface area contributed by atoms with Gasteiger partial charge in [-0.3, -0.25) is 4.79 Å². The Labute approximate surface area is 111 Å². The summed E-state index contributed by atoms with van der Waals surface area (Å²) in [5, 5.41) is 2.37. The lowest BCUT2D eigenvalue weighted by Crippen LogP contribution is -2.39. The maximum Gasteiger partial charge on any atom is 0.243 e. The summed E-state index contributed by atoms with van der Waals surface area (Å²) in [4.78, 5) is 11.5. The van der Waals surface area contributed by atoms with Crippen LogP contribution in [0.25, 0.3) is 0 Å². The zero-order valence-electron chi connectivity index (χ0n) is 10.1. The topological polar surface area (TPSA) is 73.6 Å². The summed E-state index contributed by atoms with van der Waals surface area (Å²) in [6, 6.07) is 3.20. The van der Waals surface area contributed by atoms with Crippen molar-refractivity contribution in [2.45, 2.75) is 6.04 Å². The Balaban J connectivity index is 0.00000289. The van der Waals surface area contributed by atoms with Gasteiger partial charge in [-0.2, -0.15) is 0 Å². The number of carbonyl (C=O) groups is 1. The molecule has 3 N–H and O–H groups in total. The number of rotatable bonds is 5. The van der Waals surface area contributed by atoms with Gasteiger partial charge in [0.15, 0.2) is 0 Å². The van der Waals surface area contributed by atoms with E-state index in [4.69, 9.17) is 15.2 Å². The quantitative estimate of drug-likeness (QED) is 0.848. The van der Waals surface area contributed by atoms with Gasteiger partial charge in [0.2, 0.25) is 5.91 Å². The maximum atomic E-state index is 13.4. The van der Waals surface area contributed by atoms with Gasteiger partial charge in [-0.25, -0.2) is 4.39 Å². The number of amides is 1. The molecule has 1 amide bonds. The summed E-state index contributed by atoms with van der Waals surface area (Å²) in [6.07, 6.45) is 0. The fourth-order valence-electron chi connectivity index (χ4n) is 1.21. The first-order valence-electron chi connectivity index (χ1n) is 4.97. The van der Waals surface area contributed by atoms with Crippen molar-refractivity contribution >= 4 is 24.0 Å². The lowest BCUT2D eigenvalue weighted by Gasteiger charge is -2.12. The smallest absolute Gasteiger partial charge is 0.243 e. The molecule has 0 fully saturated rings. The third-order valence-electron chi connectivity index (χ3n) is 2.11. The molecule has 0 aliphatic rings. The van der Waals surface area contributed by atoms with Gasteiger partial charge in [0.25, 0.3) is 0 Å². The minimum Gasteiger partial charge on any atom is -0.497 e. The largest absolute Gasteiger partial charge is 0.497 e. The van der Waals surface area contributed by atoms with Gasteiger partial charge in [-0.1, -0.05) is 0 Å². The number of nitrogens with one attached hydrogen (secondary N) is 1. The molecule has 0 aliphatic carbocycles. The van der Waals surface area contributed by atoms with E-state index in [-0.39, 0.29) is 24.7 Å². The van der Waals surface area contributed by atoms with Crippen LogP contribution in [0.15, 0.2) is 18.2 Å². The molecule has 102 valence electrons. The van der Waals surface area contributed by atoms with Crippen LogP contribution in [0.4, 0.5) is 10.1 Å². The molecule has 7 heteroatoms. The highest BCUT2D eigenvalue weighted by atomic mass is 35.5. The summed E-state index contributed by atoms with van der Waals surface area (Å²) in [7, 11) is 2.88. The molecule has 1 aromatic rings. The van der Waals surface area contributed by atoms with Crippen LogP contribution in [-0.2, 0) is 9.53 Å². The molecular weight excluding hydrogens is 263 g/mol. The first kappa shape index (κ1) is 16.6. The molecular formula is C11H16ClFN2O3. The zero-order chi connectivity index (χ0) is 12.8. The molecule has 18 heavy (non-hydrogen) atoms. The third-order valence-corrected chi connectivity index (χ3v) is 2.11. The summed E-state index contributed by atoms with van der Waals surface area (Å²) in [6.45, 7) is 0.0669. The number of carbonyl (C=O) groups excluding carboxylic acids is 1. The zero-order valence-corrected chi connectivity index (χ0v) is 10.9. The van der Waals surface area contributed by atoms with Gasteiger partial charge in [0.1, 0.15) is 17.6 Å². The molecule has 0 bridgehead atoms. The van der Waals surface area contributed by atoms with E-state index in [2.05, 4.69) is 5.32 Å². The lowest BCUT2D eigenvalue weighted by molar-refractivity contribution is -0.118. The van der Waals surface area contributed by atoms with Gasteiger partial charge in [-0.05, 0) is 12.1 Å². The minimum atomic E-state index is -0.842. The normalized spacial score (nSPS) is 11.3. The lowest BCUT2D eigenvalue weighted by atomic mass is 10.2. The maximum absolute atomic E-state index is 13.4. The van der Waals surface area contributed by atoms with Crippen LogP contribution < -0.4 is 15.8 Å². The summed E-state index contributed by atoms with van der Waals surface area (Å²) in [5.41, 5.74) is 5.53. The molecule has 0 radical (unpaired) electrons. The highest BCUT2D eigenvalue weighted by molar-refractivity contribution is 5.95. The van der Waals surface area contributed by atoms with E-state index < -0.39 is 17.8 Å². The Morgan fingerprint density at radius 2 is 2.17 bits per heavy atom. The first-order valence-corrected chi connectivity index (χ1v) is 4.97. The molecule has 0 aliphatic heterocycles. The van der Waals surface area contributed by atoms with Crippen molar-refractivity contribution in [3.8, 4) is 5.75 Å². The molecule has 5 nitrogen and oxygen atoms in total. The Hall–Kier alpha value is -1.37.